The molecule has 0 heterocycles. The van der Waals surface area contributed by atoms with Gasteiger partial charge in [-0.2, -0.15) is 0 Å². The fourth-order valence-electron chi connectivity index (χ4n) is 2.37. The van der Waals surface area contributed by atoms with Gasteiger partial charge in [0.05, 0.1) is 6.61 Å². The molecule has 27 heavy (non-hydrogen) atoms. The number of aliphatic hydroxyl groups is 1. The van der Waals surface area contributed by atoms with Crippen molar-refractivity contribution < 1.29 is 24.2 Å². The molecule has 2 atom stereocenters. The zero-order chi connectivity index (χ0) is 19.5. The Morgan fingerprint density at radius 1 is 0.963 bits per heavy atom. The number of amides is 2. The van der Waals surface area contributed by atoms with E-state index in [1.165, 1.54) is 0 Å². The van der Waals surface area contributed by atoms with Crippen molar-refractivity contribution >= 4 is 18.3 Å². The van der Waals surface area contributed by atoms with Crippen LogP contribution in [-0.4, -0.2) is 42.1 Å². The summed E-state index contributed by atoms with van der Waals surface area (Å²) in [4.78, 5) is 35.4. The average molecular weight is 370 g/mol. The molecule has 0 radical (unpaired) electrons. The Labute approximate surface area is 157 Å². The van der Waals surface area contributed by atoms with Crippen LogP contribution in [0.25, 0.3) is 0 Å². The maximum atomic E-state index is 12.4. The number of rotatable bonds is 9. The normalized spacial score (nSPS) is 12.5. The van der Waals surface area contributed by atoms with E-state index >= 15 is 0 Å². The minimum Gasteiger partial charge on any atom is -0.445 e. The van der Waals surface area contributed by atoms with Crippen molar-refractivity contribution in [2.45, 2.75) is 25.1 Å². The lowest BCUT2D eigenvalue weighted by atomic mass is 10.1. The minimum absolute atomic E-state index is 0.0694. The average Bonchev–Trinajstić information content (AvgIpc) is 2.71. The van der Waals surface area contributed by atoms with Crippen LogP contribution in [-0.2, 0) is 27.4 Å². The number of aliphatic hydroxyl groups excluding tert-OH is 1. The van der Waals surface area contributed by atoms with E-state index in [1.807, 2.05) is 60.7 Å². The van der Waals surface area contributed by atoms with Gasteiger partial charge in [0.2, 0.25) is 5.91 Å². The molecule has 2 aromatic rings. The molecule has 0 aliphatic rings. The third-order valence-corrected chi connectivity index (χ3v) is 3.79. The second-order valence-electron chi connectivity index (χ2n) is 5.88. The minimum atomic E-state index is -1.03. The fraction of sp³-hybridized carbons (Fsp3) is 0.250. The molecule has 0 saturated heterocycles. The molecule has 0 aliphatic heterocycles. The maximum Gasteiger partial charge on any atom is 0.408 e. The van der Waals surface area contributed by atoms with Crippen molar-refractivity contribution in [3.63, 3.8) is 0 Å². The van der Waals surface area contributed by atoms with Crippen LogP contribution >= 0.6 is 0 Å². The van der Waals surface area contributed by atoms with Gasteiger partial charge >= 0.3 is 6.09 Å². The largest absolute Gasteiger partial charge is 0.445 e. The first-order valence-corrected chi connectivity index (χ1v) is 8.50. The highest BCUT2D eigenvalue weighted by Crippen LogP contribution is 2.05. The first-order valence-electron chi connectivity index (χ1n) is 8.50. The van der Waals surface area contributed by atoms with Gasteiger partial charge in [0, 0.05) is 6.42 Å². The zero-order valence-electron chi connectivity index (χ0n) is 14.7. The van der Waals surface area contributed by atoms with Gasteiger partial charge < -0.3 is 25.3 Å². The van der Waals surface area contributed by atoms with E-state index in [0.717, 1.165) is 11.1 Å². The maximum absolute atomic E-state index is 12.4. The summed E-state index contributed by atoms with van der Waals surface area (Å²) in [6, 6.07) is 16.3. The summed E-state index contributed by atoms with van der Waals surface area (Å²) in [5, 5.41) is 14.0. The summed E-state index contributed by atoms with van der Waals surface area (Å²) in [5.74, 6) is -0.582. The number of nitrogens with one attached hydrogen (secondary N) is 2. The molecule has 0 saturated carbocycles. The van der Waals surface area contributed by atoms with E-state index in [4.69, 9.17) is 9.84 Å². The highest BCUT2D eigenvalue weighted by Gasteiger charge is 2.24. The van der Waals surface area contributed by atoms with E-state index in [-0.39, 0.29) is 13.0 Å². The van der Waals surface area contributed by atoms with Crippen LogP contribution in [0.1, 0.15) is 11.1 Å². The Hall–Kier alpha value is -3.19. The first kappa shape index (κ1) is 20.1. The second-order valence-corrected chi connectivity index (χ2v) is 5.88. The topological polar surface area (TPSA) is 105 Å². The van der Waals surface area contributed by atoms with Crippen LogP contribution < -0.4 is 10.6 Å². The number of ether oxygens (including phenoxy) is 1. The van der Waals surface area contributed by atoms with Gasteiger partial charge in [-0.05, 0) is 11.1 Å². The summed E-state index contributed by atoms with van der Waals surface area (Å²) < 4.78 is 5.16. The summed E-state index contributed by atoms with van der Waals surface area (Å²) in [7, 11) is 0. The van der Waals surface area contributed by atoms with Crippen LogP contribution in [0.15, 0.2) is 60.7 Å². The Bertz CT molecular complexity index is 737. The monoisotopic (exact) mass is 370 g/mol. The van der Waals surface area contributed by atoms with Crippen molar-refractivity contribution in [2.75, 3.05) is 6.61 Å². The lowest BCUT2D eigenvalue weighted by Gasteiger charge is -2.20. The zero-order valence-corrected chi connectivity index (χ0v) is 14.7. The molecule has 0 bridgehead atoms. The first-order chi connectivity index (χ1) is 13.1. The van der Waals surface area contributed by atoms with Crippen molar-refractivity contribution in [1.82, 2.24) is 10.6 Å². The Morgan fingerprint density at radius 3 is 2.11 bits per heavy atom. The highest BCUT2D eigenvalue weighted by molar-refractivity contribution is 5.87. The SMILES string of the molecule is O=C[C@H](CO)NC(=O)[C@H](Cc1ccccc1)NC(=O)OCc1ccccc1. The van der Waals surface area contributed by atoms with E-state index < -0.39 is 30.7 Å². The molecular weight excluding hydrogens is 348 g/mol. The number of alkyl carbamates (subject to hydrolysis) is 1. The Kier molecular flexibility index (Phi) is 7.99. The molecule has 3 N–H and O–H groups in total. The molecule has 0 fully saturated rings. The lowest BCUT2D eigenvalue weighted by molar-refractivity contribution is -0.126. The van der Waals surface area contributed by atoms with Gasteiger partial charge in [-0.3, -0.25) is 4.79 Å². The van der Waals surface area contributed by atoms with E-state index in [2.05, 4.69) is 10.6 Å². The molecule has 7 heteroatoms. The molecule has 0 aromatic heterocycles. The van der Waals surface area contributed by atoms with E-state index in [1.54, 1.807) is 0 Å². The van der Waals surface area contributed by atoms with Crippen molar-refractivity contribution in [3.05, 3.63) is 71.8 Å². The number of carbonyl (C=O) groups is 3. The molecule has 0 spiro atoms. The van der Waals surface area contributed by atoms with Gasteiger partial charge in [0.15, 0.2) is 0 Å². The molecule has 2 rings (SSSR count). The number of carbonyl (C=O) groups excluding carboxylic acids is 3. The second kappa shape index (κ2) is 10.7. The quantitative estimate of drug-likeness (QED) is 0.576. The third-order valence-electron chi connectivity index (χ3n) is 3.79. The van der Waals surface area contributed by atoms with Crippen molar-refractivity contribution in [3.8, 4) is 0 Å². The Morgan fingerprint density at radius 2 is 1.56 bits per heavy atom. The van der Waals surface area contributed by atoms with Crippen molar-refractivity contribution in [2.24, 2.45) is 0 Å². The van der Waals surface area contributed by atoms with Gasteiger partial charge in [0.1, 0.15) is 25.0 Å². The molecule has 142 valence electrons. The number of benzene rings is 2. The van der Waals surface area contributed by atoms with Gasteiger partial charge in [-0.25, -0.2) is 4.79 Å². The molecular formula is C20H22N2O5. The number of aldehydes is 1. The molecule has 2 aromatic carbocycles. The predicted molar refractivity (Wildman–Crippen MR) is 98.8 cm³/mol. The summed E-state index contributed by atoms with van der Waals surface area (Å²) >= 11 is 0. The third kappa shape index (κ3) is 6.91. The lowest BCUT2D eigenvalue weighted by Crippen LogP contribution is -2.52. The fourth-order valence-corrected chi connectivity index (χ4v) is 2.37. The number of hydrogen-bond acceptors (Lipinski definition) is 5. The van der Waals surface area contributed by atoms with E-state index in [9.17, 15) is 14.4 Å². The summed E-state index contributed by atoms with van der Waals surface area (Å²) in [6.07, 6.45) is -0.100. The van der Waals surface area contributed by atoms with Crippen LogP contribution in [0.5, 0.6) is 0 Å². The van der Waals surface area contributed by atoms with Crippen LogP contribution in [0, 0.1) is 0 Å². The van der Waals surface area contributed by atoms with Gasteiger partial charge in [0.25, 0.3) is 0 Å². The molecule has 0 unspecified atom stereocenters. The number of hydrogen-bond donors (Lipinski definition) is 3. The standard InChI is InChI=1S/C20H22N2O5/c23-12-17(13-24)21-19(25)18(11-15-7-3-1-4-8-15)22-20(26)27-14-16-9-5-2-6-10-16/h1-10,12,17-18,24H,11,13-14H2,(H,21,25)(H,22,26)/t17-,18+/m1/s1. The van der Waals surface area contributed by atoms with Crippen LogP contribution in [0.3, 0.4) is 0 Å². The Balaban J connectivity index is 2.00. The highest BCUT2D eigenvalue weighted by atomic mass is 16.5. The molecule has 0 aliphatic carbocycles. The molecule has 7 nitrogen and oxygen atoms in total. The van der Waals surface area contributed by atoms with Gasteiger partial charge in [-0.15, -0.1) is 0 Å². The van der Waals surface area contributed by atoms with Crippen LogP contribution in [0.4, 0.5) is 4.79 Å². The predicted octanol–water partition coefficient (Wildman–Crippen LogP) is 1.20. The molecule has 2 amide bonds. The smallest absolute Gasteiger partial charge is 0.408 e. The summed E-state index contributed by atoms with van der Waals surface area (Å²) in [5.41, 5.74) is 1.64. The van der Waals surface area contributed by atoms with E-state index in [0.29, 0.717) is 6.29 Å². The summed E-state index contributed by atoms with van der Waals surface area (Å²) in [6.45, 7) is -0.453. The van der Waals surface area contributed by atoms with Gasteiger partial charge in [-0.1, -0.05) is 60.7 Å². The van der Waals surface area contributed by atoms with Crippen LogP contribution in [0.2, 0.25) is 0 Å². The van der Waals surface area contributed by atoms with Crippen molar-refractivity contribution in [1.29, 1.82) is 0 Å².